The van der Waals surface area contributed by atoms with Crippen LogP contribution in [0.4, 0.5) is 0 Å². The Morgan fingerprint density at radius 3 is 2.61 bits per heavy atom. The van der Waals surface area contributed by atoms with Crippen LogP contribution in [0.3, 0.4) is 0 Å². The molecule has 18 heavy (non-hydrogen) atoms. The molecule has 0 saturated carbocycles. The van der Waals surface area contributed by atoms with Gasteiger partial charge in [0.25, 0.3) is 0 Å². The number of carbonyl (C=O) groups is 1. The molecule has 1 heterocycles. The van der Waals surface area contributed by atoms with Crippen molar-refractivity contribution in [2.24, 2.45) is 11.1 Å². The molecule has 0 bridgehead atoms. The Morgan fingerprint density at radius 2 is 2.22 bits per heavy atom. The Balaban J connectivity index is 2.83. The summed E-state index contributed by atoms with van der Waals surface area (Å²) >= 11 is 5.04. The number of carbonyl (C=O) groups excluding carboxylic acids is 1. The van der Waals surface area contributed by atoms with Crippen LogP contribution in [0.15, 0.2) is 6.33 Å². The zero-order valence-electron chi connectivity index (χ0n) is 10.9. The van der Waals surface area contributed by atoms with Gasteiger partial charge in [-0.1, -0.05) is 26.1 Å². The van der Waals surface area contributed by atoms with Gasteiger partial charge in [0.15, 0.2) is 0 Å². The smallest absolute Gasteiger partial charge is 0.233 e. The summed E-state index contributed by atoms with van der Waals surface area (Å²) in [6.07, 6.45) is 2.56. The number of hydrogen-bond donors (Lipinski definition) is 3. The highest BCUT2D eigenvalue weighted by molar-refractivity contribution is 7.80. The second-order valence-electron chi connectivity index (χ2n) is 4.22. The maximum atomic E-state index is 12.3. The number of rotatable bonds is 6. The molecule has 0 aliphatic heterocycles. The molecule has 1 aromatic heterocycles. The molecule has 0 spiro atoms. The number of amides is 1. The highest BCUT2D eigenvalue weighted by Gasteiger charge is 2.38. The van der Waals surface area contributed by atoms with Crippen LogP contribution in [0, 0.1) is 5.41 Å². The molecule has 1 unspecified atom stereocenters. The molecule has 0 fully saturated rings. The number of nitrogens with one attached hydrogen (secondary N) is 2. The fourth-order valence-electron chi connectivity index (χ4n) is 1.86. The maximum absolute atomic E-state index is 12.3. The van der Waals surface area contributed by atoms with Crippen molar-refractivity contribution in [3.05, 3.63) is 12.2 Å². The number of nitrogens with zero attached hydrogens (tertiary/aromatic N) is 2. The van der Waals surface area contributed by atoms with Crippen molar-refractivity contribution in [1.82, 2.24) is 20.5 Å². The predicted molar refractivity (Wildman–Crippen MR) is 72.7 cm³/mol. The van der Waals surface area contributed by atoms with E-state index < -0.39 is 5.41 Å². The Kier molecular flexibility index (Phi) is 4.77. The monoisotopic (exact) mass is 269 g/mol. The summed E-state index contributed by atoms with van der Waals surface area (Å²) in [6, 6.07) is -0.258. The van der Waals surface area contributed by atoms with Crippen molar-refractivity contribution >= 4 is 23.1 Å². The van der Waals surface area contributed by atoms with Crippen molar-refractivity contribution in [3.8, 4) is 0 Å². The minimum absolute atomic E-state index is 0.163. The zero-order valence-corrected chi connectivity index (χ0v) is 11.7. The molecular weight excluding hydrogens is 250 g/mol. The largest absolute Gasteiger partial charge is 0.392 e. The third-order valence-corrected chi connectivity index (χ3v) is 3.70. The summed E-state index contributed by atoms with van der Waals surface area (Å²) in [7, 11) is 0. The molecule has 0 aromatic carbocycles. The molecule has 0 aliphatic rings. The van der Waals surface area contributed by atoms with E-state index in [2.05, 4.69) is 20.5 Å². The van der Waals surface area contributed by atoms with Crippen LogP contribution in [0.25, 0.3) is 0 Å². The quantitative estimate of drug-likeness (QED) is 0.671. The Morgan fingerprint density at radius 1 is 1.61 bits per heavy atom. The Hall–Kier alpha value is -1.50. The van der Waals surface area contributed by atoms with E-state index >= 15 is 0 Å². The first-order valence-corrected chi connectivity index (χ1v) is 6.34. The summed E-state index contributed by atoms with van der Waals surface area (Å²) in [5.41, 5.74) is 4.93. The normalized spacial score (nSPS) is 13.1. The van der Waals surface area contributed by atoms with E-state index in [1.54, 1.807) is 0 Å². The average molecular weight is 269 g/mol. The lowest BCUT2D eigenvalue weighted by molar-refractivity contribution is -0.128. The van der Waals surface area contributed by atoms with Gasteiger partial charge in [0, 0.05) is 0 Å². The number of H-pyrrole nitrogens is 1. The average Bonchev–Trinajstić information content (AvgIpc) is 2.84. The van der Waals surface area contributed by atoms with Gasteiger partial charge in [-0.3, -0.25) is 9.89 Å². The van der Waals surface area contributed by atoms with Crippen LogP contribution >= 0.6 is 12.2 Å². The van der Waals surface area contributed by atoms with E-state index in [1.807, 2.05) is 20.8 Å². The van der Waals surface area contributed by atoms with Gasteiger partial charge >= 0.3 is 0 Å². The fourth-order valence-corrected chi connectivity index (χ4v) is 2.24. The highest BCUT2D eigenvalue weighted by Crippen LogP contribution is 2.28. The molecule has 100 valence electrons. The maximum Gasteiger partial charge on any atom is 0.233 e. The third-order valence-electron chi connectivity index (χ3n) is 3.30. The van der Waals surface area contributed by atoms with Crippen molar-refractivity contribution in [1.29, 1.82) is 0 Å². The van der Waals surface area contributed by atoms with Crippen molar-refractivity contribution in [3.63, 3.8) is 0 Å². The summed E-state index contributed by atoms with van der Waals surface area (Å²) in [5.74, 6) is 0.441. The molecular formula is C11H19N5OS. The second kappa shape index (κ2) is 5.90. The molecule has 6 nitrogen and oxygen atoms in total. The number of hydrogen-bond acceptors (Lipinski definition) is 4. The van der Waals surface area contributed by atoms with Gasteiger partial charge in [0.1, 0.15) is 12.2 Å². The molecule has 1 amide bonds. The molecule has 1 rings (SSSR count). The van der Waals surface area contributed by atoms with Gasteiger partial charge in [-0.05, 0) is 19.8 Å². The van der Waals surface area contributed by atoms with E-state index in [9.17, 15) is 4.79 Å². The first-order valence-electron chi connectivity index (χ1n) is 5.94. The summed E-state index contributed by atoms with van der Waals surface area (Å²) in [4.78, 5) is 16.6. The van der Waals surface area contributed by atoms with Gasteiger partial charge in [-0.15, -0.1) is 0 Å². The van der Waals surface area contributed by atoms with Crippen LogP contribution in [-0.4, -0.2) is 26.1 Å². The van der Waals surface area contributed by atoms with Crippen LogP contribution in [0.2, 0.25) is 0 Å². The first kappa shape index (κ1) is 14.6. The van der Waals surface area contributed by atoms with Crippen molar-refractivity contribution in [2.75, 3.05) is 0 Å². The van der Waals surface area contributed by atoms with Crippen molar-refractivity contribution < 1.29 is 4.79 Å². The van der Waals surface area contributed by atoms with Gasteiger partial charge in [-0.2, -0.15) is 5.10 Å². The minimum Gasteiger partial charge on any atom is -0.392 e. The van der Waals surface area contributed by atoms with Gasteiger partial charge in [0.05, 0.1) is 16.4 Å². The third kappa shape index (κ3) is 2.66. The van der Waals surface area contributed by atoms with E-state index in [0.717, 1.165) is 0 Å². The van der Waals surface area contributed by atoms with E-state index in [0.29, 0.717) is 18.7 Å². The topological polar surface area (TPSA) is 96.7 Å². The molecule has 0 radical (unpaired) electrons. The second-order valence-corrected chi connectivity index (χ2v) is 4.66. The predicted octanol–water partition coefficient (Wildman–Crippen LogP) is 1.07. The lowest BCUT2D eigenvalue weighted by Gasteiger charge is -2.30. The number of aromatic amines is 1. The first-order chi connectivity index (χ1) is 8.47. The number of nitrogens with two attached hydrogens (primary N) is 1. The van der Waals surface area contributed by atoms with Crippen LogP contribution < -0.4 is 11.1 Å². The van der Waals surface area contributed by atoms with Crippen LogP contribution in [0.5, 0.6) is 0 Å². The molecule has 7 heteroatoms. The van der Waals surface area contributed by atoms with Crippen molar-refractivity contribution in [2.45, 2.75) is 39.7 Å². The highest BCUT2D eigenvalue weighted by atomic mass is 32.1. The van der Waals surface area contributed by atoms with E-state index in [-0.39, 0.29) is 16.9 Å². The van der Waals surface area contributed by atoms with Gasteiger partial charge in [0.2, 0.25) is 5.91 Å². The number of thiocarbonyl (C=S) groups is 1. The molecule has 0 saturated heterocycles. The molecule has 1 atom stereocenters. The lowest BCUT2D eigenvalue weighted by atomic mass is 9.81. The number of aromatic nitrogens is 3. The molecule has 0 aliphatic carbocycles. The lowest BCUT2D eigenvalue weighted by Crippen LogP contribution is -2.48. The fraction of sp³-hybridized carbons (Fsp3) is 0.636. The Bertz CT molecular complexity index is 413. The van der Waals surface area contributed by atoms with Gasteiger partial charge in [-0.25, -0.2) is 4.98 Å². The SMILES string of the molecule is CCC(CC)(C(=O)NC(C)c1ncn[nH]1)C(N)=S. The zero-order chi connectivity index (χ0) is 13.8. The summed E-state index contributed by atoms with van der Waals surface area (Å²) in [5, 5.41) is 9.34. The molecule has 4 N–H and O–H groups in total. The summed E-state index contributed by atoms with van der Waals surface area (Å²) < 4.78 is 0. The van der Waals surface area contributed by atoms with E-state index in [1.165, 1.54) is 6.33 Å². The van der Waals surface area contributed by atoms with E-state index in [4.69, 9.17) is 18.0 Å². The van der Waals surface area contributed by atoms with Crippen LogP contribution in [0.1, 0.15) is 45.5 Å². The van der Waals surface area contributed by atoms with Crippen LogP contribution in [-0.2, 0) is 4.79 Å². The Labute approximate surface area is 112 Å². The minimum atomic E-state index is -0.788. The summed E-state index contributed by atoms with van der Waals surface area (Å²) in [6.45, 7) is 5.64. The van der Waals surface area contributed by atoms with Gasteiger partial charge < -0.3 is 11.1 Å². The standard InChI is InChI=1S/C11H19N5OS/c1-4-11(5-2,9(12)18)10(17)15-7(3)8-13-6-14-16-8/h6-7H,4-5H2,1-3H3,(H2,12,18)(H,15,17)(H,13,14,16). The molecule has 1 aromatic rings.